The van der Waals surface area contributed by atoms with Crippen LogP contribution in [0.1, 0.15) is 29.5 Å². The second kappa shape index (κ2) is 14.2. The van der Waals surface area contributed by atoms with Gasteiger partial charge in [0.25, 0.3) is 11.3 Å². The van der Waals surface area contributed by atoms with E-state index in [2.05, 4.69) is 19.9 Å². The predicted octanol–water partition coefficient (Wildman–Crippen LogP) is -0.929. The molecule has 6 aromatic heterocycles. The molecule has 0 aromatic carbocycles. The smallest absolute Gasteiger partial charge is 0.344 e. The van der Waals surface area contributed by atoms with Crippen molar-refractivity contribution < 1.29 is 28.9 Å². The molecular formula is C32H29N9O6. The van der Waals surface area contributed by atoms with E-state index < -0.39 is 0 Å². The van der Waals surface area contributed by atoms with Crippen molar-refractivity contribution in [2.24, 2.45) is 0 Å². The highest BCUT2D eigenvalue weighted by Crippen LogP contribution is 2.08. The van der Waals surface area contributed by atoms with Crippen LogP contribution in [0.15, 0.2) is 102 Å². The summed E-state index contributed by atoms with van der Waals surface area (Å²) in [5, 5.41) is 24.3. The maximum Gasteiger partial charge on any atom is 0.344 e. The molecule has 238 valence electrons. The zero-order valence-electron chi connectivity index (χ0n) is 25.5. The van der Waals surface area contributed by atoms with E-state index in [0.29, 0.717) is 37.2 Å². The van der Waals surface area contributed by atoms with E-state index in [1.807, 2.05) is 0 Å². The number of carbonyl (C=O) groups excluding carboxylic acids is 2. The lowest BCUT2D eigenvalue weighted by molar-refractivity contribution is -0.709. The van der Waals surface area contributed by atoms with Crippen molar-refractivity contribution in [1.82, 2.24) is 33.6 Å². The molecule has 15 nitrogen and oxygen atoms in total. The van der Waals surface area contributed by atoms with Crippen LogP contribution in [0, 0.1) is 6.92 Å². The molecule has 0 N–H and O–H groups in total. The van der Waals surface area contributed by atoms with Gasteiger partial charge in [-0.2, -0.15) is 8.80 Å². The second-order valence-electron chi connectivity index (χ2n) is 10.4. The Bertz CT molecular complexity index is 2170. The molecular weight excluding hydrogens is 606 g/mol. The number of amides is 2. The van der Waals surface area contributed by atoms with Gasteiger partial charge in [0.2, 0.25) is 11.8 Å². The molecule has 1 saturated heterocycles. The Kier molecular flexibility index (Phi) is 9.64. The van der Waals surface area contributed by atoms with Gasteiger partial charge in [0.15, 0.2) is 0 Å². The molecule has 0 saturated carbocycles. The molecule has 0 aliphatic carbocycles. The van der Waals surface area contributed by atoms with Crippen LogP contribution in [0.5, 0.6) is 11.8 Å². The van der Waals surface area contributed by atoms with Gasteiger partial charge in [-0.1, -0.05) is 12.1 Å². The van der Waals surface area contributed by atoms with Crippen LogP contribution in [0.4, 0.5) is 0 Å². The third-order valence-corrected chi connectivity index (χ3v) is 7.30. The number of likely N-dealkylation sites (tertiary alicyclic amines) is 1. The number of hydrogen-bond acceptors (Lipinski definition) is 10. The van der Waals surface area contributed by atoms with Gasteiger partial charge in [-0.05, 0) is 19.1 Å². The highest BCUT2D eigenvalue weighted by Gasteiger charge is 2.24. The van der Waals surface area contributed by atoms with Crippen LogP contribution in [-0.2, 0) is 22.7 Å². The van der Waals surface area contributed by atoms with E-state index >= 15 is 0 Å². The Morgan fingerprint density at radius 3 is 1.72 bits per heavy atom. The SMILES string of the molecule is CN1C(=O)CCC1=O.Cc1c([O-])[n+](Cc2cncnc2)c2ccccn2c1=O.O=c1cc([O-])[n+](Cc2cncnc2)c2ccccn12. The van der Waals surface area contributed by atoms with Gasteiger partial charge in [-0.25, -0.2) is 38.7 Å². The molecule has 6 aromatic rings. The molecule has 1 aliphatic heterocycles. The number of hydrogen-bond donors (Lipinski definition) is 0. The lowest BCUT2D eigenvalue weighted by Gasteiger charge is -2.14. The van der Waals surface area contributed by atoms with E-state index in [1.54, 1.807) is 85.1 Å². The first-order chi connectivity index (χ1) is 22.7. The monoisotopic (exact) mass is 635 g/mol. The highest BCUT2D eigenvalue weighted by atomic mass is 16.3. The first-order valence-corrected chi connectivity index (χ1v) is 14.3. The molecule has 1 fully saturated rings. The summed E-state index contributed by atoms with van der Waals surface area (Å²) in [6.07, 6.45) is 13.5. The molecule has 7 rings (SSSR count). The van der Waals surface area contributed by atoms with Crippen LogP contribution in [-0.4, -0.2) is 52.5 Å². The molecule has 0 unspecified atom stereocenters. The number of rotatable bonds is 4. The van der Waals surface area contributed by atoms with E-state index in [0.717, 1.165) is 17.2 Å². The van der Waals surface area contributed by atoms with Crippen molar-refractivity contribution in [2.75, 3.05) is 7.05 Å². The zero-order valence-corrected chi connectivity index (χ0v) is 25.5. The van der Waals surface area contributed by atoms with Crippen LogP contribution in [0.2, 0.25) is 0 Å². The van der Waals surface area contributed by atoms with Gasteiger partial charge in [0.05, 0.1) is 35.8 Å². The molecule has 1 aliphatic rings. The van der Waals surface area contributed by atoms with Crippen molar-refractivity contribution in [3.63, 3.8) is 0 Å². The van der Waals surface area contributed by atoms with Crippen LogP contribution in [0.3, 0.4) is 0 Å². The predicted molar refractivity (Wildman–Crippen MR) is 161 cm³/mol. The van der Waals surface area contributed by atoms with E-state index in [1.165, 1.54) is 38.0 Å². The van der Waals surface area contributed by atoms with Gasteiger partial charge in [0.1, 0.15) is 25.7 Å². The summed E-state index contributed by atoms with van der Waals surface area (Å²) in [6.45, 7) is 2.20. The van der Waals surface area contributed by atoms with Gasteiger partial charge < -0.3 is 10.2 Å². The Labute approximate surface area is 267 Å². The summed E-state index contributed by atoms with van der Waals surface area (Å²) in [7, 11) is 1.51. The van der Waals surface area contributed by atoms with Crippen molar-refractivity contribution in [1.29, 1.82) is 0 Å². The Morgan fingerprint density at radius 1 is 0.723 bits per heavy atom. The Balaban J connectivity index is 0.000000150. The number of aromatic nitrogens is 8. The lowest BCUT2D eigenvalue weighted by atomic mass is 10.3. The summed E-state index contributed by atoms with van der Waals surface area (Å²) in [4.78, 5) is 61.7. The molecule has 0 atom stereocenters. The number of nitrogens with zero attached hydrogens (tertiary/aromatic N) is 9. The van der Waals surface area contributed by atoms with E-state index in [-0.39, 0.29) is 40.3 Å². The molecule has 47 heavy (non-hydrogen) atoms. The van der Waals surface area contributed by atoms with Gasteiger partial charge in [0, 0.05) is 67.9 Å². The molecule has 0 bridgehead atoms. The quantitative estimate of drug-likeness (QED) is 0.173. The average molecular weight is 636 g/mol. The van der Waals surface area contributed by atoms with E-state index in [4.69, 9.17) is 0 Å². The second-order valence-corrected chi connectivity index (χ2v) is 10.4. The van der Waals surface area contributed by atoms with Gasteiger partial charge >= 0.3 is 11.1 Å². The summed E-state index contributed by atoms with van der Waals surface area (Å²) in [6, 6.07) is 11.6. The summed E-state index contributed by atoms with van der Waals surface area (Å²) >= 11 is 0. The van der Waals surface area contributed by atoms with Crippen molar-refractivity contribution in [3.8, 4) is 11.8 Å². The number of fused-ring (bicyclic) bond motifs is 2. The lowest BCUT2D eigenvalue weighted by Crippen LogP contribution is -2.44. The van der Waals surface area contributed by atoms with Gasteiger partial charge in [-0.3, -0.25) is 14.5 Å². The standard InChI is InChI=1S/C14H12N4O2.C13H10N4O2.C5H7NO2/c1-10-13(19)17-5-3-2-4-12(17)18(14(10)20)8-11-6-15-9-16-7-11;18-12-5-13(19)17(8-10-6-14-9-15-7-10)11-3-1-2-4-16(11)12;1-6-4(7)2-3-5(6)8/h2-7,9H,8H2,1H3;1-7,9H,8H2;2-3H2,1H3. The van der Waals surface area contributed by atoms with Crippen molar-refractivity contribution in [3.05, 3.63) is 130 Å². The van der Waals surface area contributed by atoms with Crippen molar-refractivity contribution in [2.45, 2.75) is 32.9 Å². The Morgan fingerprint density at radius 2 is 1.21 bits per heavy atom. The molecule has 2 amide bonds. The molecule has 0 radical (unpaired) electrons. The fourth-order valence-corrected chi connectivity index (χ4v) is 4.80. The fourth-order valence-electron chi connectivity index (χ4n) is 4.80. The minimum atomic E-state index is -0.333. The number of pyridine rings is 2. The van der Waals surface area contributed by atoms with Crippen molar-refractivity contribution >= 4 is 23.1 Å². The first-order valence-electron chi connectivity index (χ1n) is 14.3. The zero-order chi connectivity index (χ0) is 33.5. The maximum absolute atomic E-state index is 12.3. The highest BCUT2D eigenvalue weighted by molar-refractivity contribution is 6.01. The molecule has 15 heteroatoms. The minimum Gasteiger partial charge on any atom is -0.842 e. The topological polar surface area (TPSA) is 186 Å². The molecule has 0 spiro atoms. The molecule has 7 heterocycles. The number of imide groups is 1. The summed E-state index contributed by atoms with van der Waals surface area (Å²) in [5.74, 6) is -0.741. The van der Waals surface area contributed by atoms with Crippen LogP contribution < -0.4 is 30.5 Å². The third kappa shape index (κ3) is 7.14. The maximum atomic E-state index is 12.3. The van der Waals surface area contributed by atoms with Crippen LogP contribution >= 0.6 is 0 Å². The van der Waals surface area contributed by atoms with Gasteiger partial charge in [-0.15, -0.1) is 0 Å². The number of carbonyl (C=O) groups is 2. The largest absolute Gasteiger partial charge is 0.842 e. The summed E-state index contributed by atoms with van der Waals surface area (Å²) < 4.78 is 5.97. The third-order valence-electron chi connectivity index (χ3n) is 7.30. The minimum absolute atomic E-state index is 0.0602. The fraction of sp³-hybridized carbons (Fsp3) is 0.188. The summed E-state index contributed by atoms with van der Waals surface area (Å²) in [5.41, 5.74) is 2.28. The van der Waals surface area contributed by atoms with Crippen LogP contribution in [0.25, 0.3) is 11.3 Å². The first kappa shape index (κ1) is 32.0. The Hall–Kier alpha value is -6.38. The normalized spacial score (nSPS) is 12.4. The average Bonchev–Trinajstić information content (AvgIpc) is 3.39. The van der Waals surface area contributed by atoms with E-state index in [9.17, 15) is 29.4 Å².